The summed E-state index contributed by atoms with van der Waals surface area (Å²) >= 11 is 6.17. The van der Waals surface area contributed by atoms with E-state index in [9.17, 15) is 4.79 Å². The quantitative estimate of drug-likeness (QED) is 0.658. The van der Waals surface area contributed by atoms with E-state index in [1.54, 1.807) is 12.1 Å². The van der Waals surface area contributed by atoms with Crippen molar-refractivity contribution >= 4 is 29.2 Å². The first-order valence-electron chi connectivity index (χ1n) is 11.0. The lowest BCUT2D eigenvalue weighted by Gasteiger charge is -2.38. The number of aromatic nitrogens is 2. The summed E-state index contributed by atoms with van der Waals surface area (Å²) in [6.07, 6.45) is 5.47. The van der Waals surface area contributed by atoms with Gasteiger partial charge in [-0.15, -0.1) is 0 Å². The van der Waals surface area contributed by atoms with Crippen LogP contribution in [0.4, 0.5) is 20.7 Å². The number of nitrogens with one attached hydrogen (secondary N) is 1. The Bertz CT molecular complexity index is 1120. The first-order valence-corrected chi connectivity index (χ1v) is 11.4. The van der Waals surface area contributed by atoms with Crippen molar-refractivity contribution in [2.75, 3.05) is 5.32 Å². The van der Waals surface area contributed by atoms with Crippen molar-refractivity contribution in [2.45, 2.75) is 69.2 Å². The molecule has 1 N–H and O–H groups in total. The highest BCUT2D eigenvalue weighted by molar-refractivity contribution is 6.33. The maximum atomic E-state index is 15.1. The normalized spacial score (nSPS) is 24.7. The summed E-state index contributed by atoms with van der Waals surface area (Å²) in [6, 6.07) is 6.67. The SMILES string of the molecule is CC1(OC(=O)N2[C@H]3CC[C@H]2CC(Oc2ncnc(Nc4ccc(C#N)cc4Cl)c2F)C3)CC1. The number of nitriles is 1. The van der Waals surface area contributed by atoms with Crippen LogP contribution in [0.1, 0.15) is 51.0 Å². The number of piperidine rings is 1. The van der Waals surface area contributed by atoms with Gasteiger partial charge < -0.3 is 19.7 Å². The molecule has 0 unspecified atom stereocenters. The number of rotatable bonds is 5. The van der Waals surface area contributed by atoms with Gasteiger partial charge in [0.15, 0.2) is 5.82 Å². The first-order chi connectivity index (χ1) is 15.8. The number of hydrogen-bond acceptors (Lipinski definition) is 7. The molecule has 1 aromatic heterocycles. The van der Waals surface area contributed by atoms with E-state index in [-0.39, 0.29) is 46.6 Å². The van der Waals surface area contributed by atoms with Crippen LogP contribution < -0.4 is 10.1 Å². The van der Waals surface area contributed by atoms with Crippen LogP contribution >= 0.6 is 11.6 Å². The second-order valence-corrected chi connectivity index (χ2v) is 9.50. The van der Waals surface area contributed by atoms with Gasteiger partial charge >= 0.3 is 6.09 Å². The highest BCUT2D eigenvalue weighted by Crippen LogP contribution is 2.43. The van der Waals surface area contributed by atoms with E-state index in [1.165, 1.54) is 12.4 Å². The molecule has 0 radical (unpaired) electrons. The predicted molar refractivity (Wildman–Crippen MR) is 118 cm³/mol. The number of carbonyl (C=O) groups excluding carboxylic acids is 1. The average Bonchev–Trinajstić information content (AvgIpc) is 3.44. The minimum atomic E-state index is -0.728. The van der Waals surface area contributed by atoms with Gasteiger partial charge in [-0.3, -0.25) is 0 Å². The number of halogens is 2. The highest BCUT2D eigenvalue weighted by Gasteiger charge is 2.49. The molecule has 1 aromatic carbocycles. The van der Waals surface area contributed by atoms with Crippen LogP contribution in [0.3, 0.4) is 0 Å². The van der Waals surface area contributed by atoms with Gasteiger partial charge in [-0.25, -0.2) is 9.78 Å². The number of ether oxygens (including phenoxy) is 2. The van der Waals surface area contributed by atoms with Crippen molar-refractivity contribution in [3.63, 3.8) is 0 Å². The molecule has 1 saturated carbocycles. The van der Waals surface area contributed by atoms with Crippen LogP contribution in [0, 0.1) is 17.1 Å². The fourth-order valence-electron chi connectivity index (χ4n) is 4.56. The number of benzene rings is 1. The number of hydrogen-bond donors (Lipinski definition) is 1. The molecule has 2 bridgehead atoms. The lowest BCUT2D eigenvalue weighted by atomic mass is 10.0. The predicted octanol–water partition coefficient (Wildman–Crippen LogP) is 4.95. The maximum Gasteiger partial charge on any atom is 0.410 e. The molecular formula is C23H23ClFN5O3. The molecule has 0 spiro atoms. The summed E-state index contributed by atoms with van der Waals surface area (Å²) in [5, 5.41) is 12.1. The molecule has 1 aliphatic carbocycles. The summed E-state index contributed by atoms with van der Waals surface area (Å²) in [5.74, 6) is -0.953. The first kappa shape index (κ1) is 21.7. The monoisotopic (exact) mass is 471 g/mol. The van der Waals surface area contributed by atoms with E-state index < -0.39 is 5.82 Å². The van der Waals surface area contributed by atoms with Gasteiger partial charge in [-0.2, -0.15) is 14.6 Å². The molecule has 3 aliphatic rings. The van der Waals surface area contributed by atoms with Crippen LogP contribution in [0.25, 0.3) is 0 Å². The number of fused-ring (bicyclic) bond motifs is 2. The Hall–Kier alpha value is -3.12. The van der Waals surface area contributed by atoms with Crippen molar-refractivity contribution in [1.29, 1.82) is 5.26 Å². The molecule has 3 heterocycles. The summed E-state index contributed by atoms with van der Waals surface area (Å²) in [6.45, 7) is 1.96. The lowest BCUT2D eigenvalue weighted by molar-refractivity contribution is 0.0108. The molecule has 172 valence electrons. The third-order valence-corrected chi connectivity index (χ3v) is 6.89. The van der Waals surface area contributed by atoms with Gasteiger partial charge in [0, 0.05) is 24.9 Å². The summed E-state index contributed by atoms with van der Waals surface area (Å²) < 4.78 is 26.7. The Morgan fingerprint density at radius 2 is 2.03 bits per heavy atom. The van der Waals surface area contributed by atoms with Crippen LogP contribution in [0.5, 0.6) is 5.88 Å². The molecule has 33 heavy (non-hydrogen) atoms. The Morgan fingerprint density at radius 1 is 1.30 bits per heavy atom. The van der Waals surface area contributed by atoms with Gasteiger partial charge in [-0.1, -0.05) is 11.6 Å². The summed E-state index contributed by atoms with van der Waals surface area (Å²) in [7, 11) is 0. The molecule has 2 aromatic rings. The molecule has 2 saturated heterocycles. The number of nitrogens with zero attached hydrogens (tertiary/aromatic N) is 4. The van der Waals surface area contributed by atoms with Crippen molar-refractivity contribution in [3.05, 3.63) is 40.9 Å². The van der Waals surface area contributed by atoms with Crippen LogP contribution in [-0.2, 0) is 4.74 Å². The Balaban J connectivity index is 1.26. The Morgan fingerprint density at radius 3 is 2.67 bits per heavy atom. The Labute approximate surface area is 195 Å². The van der Waals surface area contributed by atoms with Gasteiger partial charge in [0.1, 0.15) is 18.0 Å². The smallest absolute Gasteiger partial charge is 0.410 e. The molecule has 10 heteroatoms. The van der Waals surface area contributed by atoms with E-state index in [0.717, 1.165) is 25.7 Å². The standard InChI is InChI=1S/C23H23ClFN5O3/c1-23(6-7-23)33-22(31)30-14-3-4-15(30)10-16(9-14)32-21-19(25)20(27-12-28-21)29-18-5-2-13(11-26)8-17(18)24/h2,5,8,12,14-16H,3-4,6-7,9-10H2,1H3,(H,27,28,29)/t14-,15-/m0/s1. The van der Waals surface area contributed by atoms with E-state index in [2.05, 4.69) is 15.3 Å². The minimum Gasteiger partial charge on any atom is -0.472 e. The fourth-order valence-corrected chi connectivity index (χ4v) is 4.79. The van der Waals surface area contributed by atoms with E-state index in [0.29, 0.717) is 24.1 Å². The van der Waals surface area contributed by atoms with Crippen LogP contribution in [0.2, 0.25) is 5.02 Å². The van der Waals surface area contributed by atoms with Crippen LogP contribution in [-0.4, -0.2) is 44.7 Å². The average molecular weight is 472 g/mol. The fraction of sp³-hybridized carbons (Fsp3) is 0.478. The third-order valence-electron chi connectivity index (χ3n) is 6.58. The topological polar surface area (TPSA) is 100 Å². The van der Waals surface area contributed by atoms with E-state index >= 15 is 4.39 Å². The molecule has 5 rings (SSSR count). The van der Waals surface area contributed by atoms with Gasteiger partial charge in [0.05, 0.1) is 22.3 Å². The van der Waals surface area contributed by atoms with Gasteiger partial charge in [-0.05, 0) is 50.8 Å². The summed E-state index contributed by atoms with van der Waals surface area (Å²) in [5.41, 5.74) is 0.497. The molecule has 8 nitrogen and oxygen atoms in total. The van der Waals surface area contributed by atoms with Crippen LogP contribution in [0.15, 0.2) is 24.5 Å². The van der Waals surface area contributed by atoms with Crippen molar-refractivity contribution < 1.29 is 18.7 Å². The van der Waals surface area contributed by atoms with Crippen molar-refractivity contribution in [1.82, 2.24) is 14.9 Å². The second-order valence-electron chi connectivity index (χ2n) is 9.09. The Kier molecular flexibility index (Phi) is 5.49. The zero-order chi connectivity index (χ0) is 23.2. The van der Waals surface area contributed by atoms with Crippen molar-refractivity contribution in [3.8, 4) is 11.9 Å². The van der Waals surface area contributed by atoms with E-state index in [4.69, 9.17) is 26.3 Å². The molecule has 3 fully saturated rings. The molecular weight excluding hydrogens is 449 g/mol. The largest absolute Gasteiger partial charge is 0.472 e. The minimum absolute atomic E-state index is 0.0172. The van der Waals surface area contributed by atoms with Gasteiger partial charge in [0.25, 0.3) is 5.88 Å². The number of anilines is 2. The molecule has 2 atom stereocenters. The highest BCUT2D eigenvalue weighted by atomic mass is 35.5. The molecule has 2 aliphatic heterocycles. The zero-order valence-corrected chi connectivity index (χ0v) is 18.8. The number of carbonyl (C=O) groups is 1. The second kappa shape index (κ2) is 8.34. The molecule has 1 amide bonds. The maximum absolute atomic E-state index is 15.1. The third kappa shape index (κ3) is 4.40. The lowest BCUT2D eigenvalue weighted by Crippen LogP contribution is -2.50. The zero-order valence-electron chi connectivity index (χ0n) is 18.1. The summed E-state index contributed by atoms with van der Waals surface area (Å²) in [4.78, 5) is 22.4. The van der Waals surface area contributed by atoms with Gasteiger partial charge in [0.2, 0.25) is 5.82 Å². The van der Waals surface area contributed by atoms with Crippen molar-refractivity contribution in [2.24, 2.45) is 0 Å². The van der Waals surface area contributed by atoms with E-state index in [1.807, 2.05) is 17.9 Å². The number of amides is 1.